The summed E-state index contributed by atoms with van der Waals surface area (Å²) in [5.74, 6) is 2.45. The molecule has 31 heavy (non-hydrogen) atoms. The summed E-state index contributed by atoms with van der Waals surface area (Å²) in [5.41, 5.74) is 3.43. The van der Waals surface area contributed by atoms with Gasteiger partial charge in [-0.2, -0.15) is 0 Å². The molecule has 0 fully saturated rings. The zero-order valence-electron chi connectivity index (χ0n) is 17.8. The molecule has 0 unspecified atom stereocenters. The molecule has 0 bridgehead atoms. The van der Waals surface area contributed by atoms with Crippen LogP contribution in [-0.4, -0.2) is 35.9 Å². The van der Waals surface area contributed by atoms with Crippen LogP contribution in [0.3, 0.4) is 0 Å². The number of rotatable bonds is 7. The molecule has 0 aliphatic heterocycles. The third kappa shape index (κ3) is 4.05. The van der Waals surface area contributed by atoms with Crippen molar-refractivity contribution in [3.63, 3.8) is 0 Å². The van der Waals surface area contributed by atoms with Crippen molar-refractivity contribution in [2.75, 3.05) is 21.3 Å². The third-order valence-corrected chi connectivity index (χ3v) is 4.85. The fraction of sp³-hybridized carbons (Fsp3) is 0.217. The molecule has 0 radical (unpaired) electrons. The largest absolute Gasteiger partial charge is 0.497 e. The standard InChI is InChI=1S/C23H23N3O5/c1-14-8-21-24-16(11-22(27)26(21)25-14)13-31-18-10-15(9-17(12-18)28-2)19-6-5-7-20(29-3)23(19)30-4/h5-12,25H,13H2,1-4H3. The fourth-order valence-electron chi connectivity index (χ4n) is 3.43. The van der Waals surface area contributed by atoms with Crippen LogP contribution >= 0.6 is 0 Å². The van der Waals surface area contributed by atoms with Gasteiger partial charge in [-0.05, 0) is 30.7 Å². The molecule has 8 nitrogen and oxygen atoms in total. The molecule has 0 aliphatic rings. The highest BCUT2D eigenvalue weighted by Crippen LogP contribution is 2.40. The van der Waals surface area contributed by atoms with Crippen molar-refractivity contribution in [3.8, 4) is 34.1 Å². The van der Waals surface area contributed by atoms with Crippen molar-refractivity contribution < 1.29 is 18.9 Å². The van der Waals surface area contributed by atoms with Gasteiger partial charge in [-0.3, -0.25) is 9.89 Å². The highest BCUT2D eigenvalue weighted by molar-refractivity contribution is 5.76. The Bertz CT molecular complexity index is 1290. The second-order valence-corrected chi connectivity index (χ2v) is 6.95. The highest BCUT2D eigenvalue weighted by atomic mass is 16.5. The summed E-state index contributed by atoms with van der Waals surface area (Å²) < 4.78 is 23.8. The van der Waals surface area contributed by atoms with E-state index in [1.54, 1.807) is 27.4 Å². The van der Waals surface area contributed by atoms with Crippen molar-refractivity contribution in [1.29, 1.82) is 0 Å². The number of aromatic amines is 1. The van der Waals surface area contributed by atoms with Crippen LogP contribution in [0.25, 0.3) is 16.8 Å². The first-order valence-corrected chi connectivity index (χ1v) is 9.64. The van der Waals surface area contributed by atoms with Crippen LogP contribution in [0.1, 0.15) is 11.4 Å². The van der Waals surface area contributed by atoms with Gasteiger partial charge in [-0.1, -0.05) is 12.1 Å². The number of aryl methyl sites for hydroxylation is 1. The lowest BCUT2D eigenvalue weighted by Crippen LogP contribution is -2.16. The minimum Gasteiger partial charge on any atom is -0.497 e. The number of benzene rings is 2. The normalized spacial score (nSPS) is 10.8. The van der Waals surface area contributed by atoms with Crippen LogP contribution in [0.2, 0.25) is 0 Å². The minimum atomic E-state index is -0.191. The fourth-order valence-corrected chi connectivity index (χ4v) is 3.43. The monoisotopic (exact) mass is 421 g/mol. The molecule has 4 aromatic rings. The zero-order chi connectivity index (χ0) is 22.0. The first kappa shape index (κ1) is 20.3. The molecule has 2 heterocycles. The van der Waals surface area contributed by atoms with Gasteiger partial charge < -0.3 is 18.9 Å². The van der Waals surface area contributed by atoms with E-state index < -0.39 is 0 Å². The number of methoxy groups -OCH3 is 3. The lowest BCUT2D eigenvalue weighted by molar-refractivity contribution is 0.299. The average Bonchev–Trinajstić information content (AvgIpc) is 3.17. The Morgan fingerprint density at radius 2 is 1.77 bits per heavy atom. The molecule has 4 rings (SSSR count). The van der Waals surface area contributed by atoms with Crippen molar-refractivity contribution in [1.82, 2.24) is 14.6 Å². The van der Waals surface area contributed by atoms with Gasteiger partial charge in [0, 0.05) is 29.5 Å². The van der Waals surface area contributed by atoms with E-state index in [0.29, 0.717) is 34.3 Å². The van der Waals surface area contributed by atoms with Gasteiger partial charge in [-0.25, -0.2) is 9.50 Å². The second-order valence-electron chi connectivity index (χ2n) is 6.95. The number of para-hydroxylation sites is 1. The lowest BCUT2D eigenvalue weighted by atomic mass is 10.0. The van der Waals surface area contributed by atoms with Crippen LogP contribution in [0, 0.1) is 6.92 Å². The molecule has 2 aromatic carbocycles. The number of aromatic nitrogens is 3. The Kier molecular flexibility index (Phi) is 5.53. The maximum Gasteiger partial charge on any atom is 0.273 e. The number of ether oxygens (including phenoxy) is 4. The van der Waals surface area contributed by atoms with E-state index >= 15 is 0 Å². The smallest absolute Gasteiger partial charge is 0.273 e. The predicted octanol–water partition coefficient (Wildman–Crippen LogP) is 3.60. The molecule has 8 heteroatoms. The van der Waals surface area contributed by atoms with Gasteiger partial charge in [0.2, 0.25) is 0 Å². The topological polar surface area (TPSA) is 87.1 Å². The summed E-state index contributed by atoms with van der Waals surface area (Å²) >= 11 is 0. The van der Waals surface area contributed by atoms with Gasteiger partial charge in [0.15, 0.2) is 17.1 Å². The van der Waals surface area contributed by atoms with E-state index in [1.165, 1.54) is 10.6 Å². The summed E-state index contributed by atoms with van der Waals surface area (Å²) in [7, 11) is 4.79. The first-order valence-electron chi connectivity index (χ1n) is 9.64. The Balaban J connectivity index is 1.67. The second kappa shape index (κ2) is 8.43. The van der Waals surface area contributed by atoms with Crippen LogP contribution in [-0.2, 0) is 6.61 Å². The van der Waals surface area contributed by atoms with Crippen molar-refractivity contribution >= 4 is 5.65 Å². The summed E-state index contributed by atoms with van der Waals surface area (Å²) in [5, 5.41) is 2.95. The van der Waals surface area contributed by atoms with E-state index in [-0.39, 0.29) is 12.2 Å². The molecule has 0 aliphatic carbocycles. The molecule has 160 valence electrons. The highest BCUT2D eigenvalue weighted by Gasteiger charge is 2.14. The SMILES string of the molecule is COc1cc(OCc2cc(=O)n3[nH]c(C)cc3n2)cc(-c2cccc(OC)c2OC)c1. The van der Waals surface area contributed by atoms with Gasteiger partial charge >= 0.3 is 0 Å². The van der Waals surface area contributed by atoms with Gasteiger partial charge in [0.1, 0.15) is 18.1 Å². The molecule has 0 spiro atoms. The molecule has 0 saturated heterocycles. The van der Waals surface area contributed by atoms with Crippen LogP contribution in [0.15, 0.2) is 53.3 Å². The van der Waals surface area contributed by atoms with Gasteiger partial charge in [-0.15, -0.1) is 0 Å². The number of fused-ring (bicyclic) bond motifs is 1. The van der Waals surface area contributed by atoms with Gasteiger partial charge in [0.05, 0.1) is 27.0 Å². The van der Waals surface area contributed by atoms with E-state index in [1.807, 2.05) is 43.3 Å². The Labute approximate surface area is 179 Å². The summed E-state index contributed by atoms with van der Waals surface area (Å²) in [6, 6.07) is 14.5. The predicted molar refractivity (Wildman–Crippen MR) is 116 cm³/mol. The molecule has 0 amide bonds. The maximum atomic E-state index is 12.3. The third-order valence-electron chi connectivity index (χ3n) is 4.85. The number of nitrogens with zero attached hydrogens (tertiary/aromatic N) is 2. The van der Waals surface area contributed by atoms with E-state index in [9.17, 15) is 4.79 Å². The lowest BCUT2D eigenvalue weighted by Gasteiger charge is -2.15. The molecule has 2 aromatic heterocycles. The first-order chi connectivity index (χ1) is 15.0. The van der Waals surface area contributed by atoms with Crippen molar-refractivity contribution in [2.24, 2.45) is 0 Å². The Morgan fingerprint density at radius 3 is 2.52 bits per heavy atom. The summed E-state index contributed by atoms with van der Waals surface area (Å²) in [4.78, 5) is 16.8. The molecular formula is C23H23N3O5. The maximum absolute atomic E-state index is 12.3. The van der Waals surface area contributed by atoms with Gasteiger partial charge in [0.25, 0.3) is 5.56 Å². The van der Waals surface area contributed by atoms with Crippen molar-refractivity contribution in [2.45, 2.75) is 13.5 Å². The number of hydrogen-bond acceptors (Lipinski definition) is 6. The number of nitrogens with one attached hydrogen (secondary N) is 1. The minimum absolute atomic E-state index is 0.137. The number of hydrogen-bond donors (Lipinski definition) is 1. The molecule has 0 atom stereocenters. The zero-order valence-corrected chi connectivity index (χ0v) is 17.8. The van der Waals surface area contributed by atoms with Crippen molar-refractivity contribution in [3.05, 3.63) is 70.3 Å². The van der Waals surface area contributed by atoms with E-state index in [0.717, 1.165) is 16.8 Å². The van der Waals surface area contributed by atoms with Crippen LogP contribution in [0.5, 0.6) is 23.0 Å². The van der Waals surface area contributed by atoms with Crippen LogP contribution in [0.4, 0.5) is 0 Å². The Morgan fingerprint density at radius 1 is 0.968 bits per heavy atom. The molecule has 0 saturated carbocycles. The molecular weight excluding hydrogens is 398 g/mol. The van der Waals surface area contributed by atoms with Crippen LogP contribution < -0.4 is 24.5 Å². The number of H-pyrrole nitrogens is 1. The summed E-state index contributed by atoms with van der Waals surface area (Å²) in [6.07, 6.45) is 0. The van der Waals surface area contributed by atoms with E-state index in [2.05, 4.69) is 10.1 Å². The average molecular weight is 421 g/mol. The molecule has 1 N–H and O–H groups in total. The Hall–Kier alpha value is -3.94. The summed E-state index contributed by atoms with van der Waals surface area (Å²) in [6.45, 7) is 2.01. The quantitative estimate of drug-likeness (QED) is 0.491. The van der Waals surface area contributed by atoms with E-state index in [4.69, 9.17) is 18.9 Å².